The number of non-ortho nitro benzene ring substituents is 1. The molecule has 0 N–H and O–H groups in total. The quantitative estimate of drug-likeness (QED) is 0.531. The van der Waals surface area contributed by atoms with Gasteiger partial charge in [0, 0.05) is 35.2 Å². The molecule has 22 heavy (non-hydrogen) atoms. The van der Waals surface area contributed by atoms with Crippen LogP contribution in [0.2, 0.25) is 0 Å². The first-order chi connectivity index (χ1) is 10.3. The Morgan fingerprint density at radius 1 is 1.23 bits per heavy atom. The van der Waals surface area contributed by atoms with Crippen molar-refractivity contribution in [2.45, 2.75) is 26.2 Å². The summed E-state index contributed by atoms with van der Waals surface area (Å²) in [6.07, 6.45) is 1.62. The Morgan fingerprint density at radius 3 is 2.64 bits per heavy atom. The lowest BCUT2D eigenvalue weighted by Crippen LogP contribution is -2.09. The standard InChI is InChI=1S/C15H14N4O3/c1-15(2,3)13-7-12(18-22-13)14-16-8-9-4-5-10(19(20)21)6-11(9)17-14/h4-8H,1-3H3. The summed E-state index contributed by atoms with van der Waals surface area (Å²) in [6, 6.07) is 6.27. The minimum Gasteiger partial charge on any atom is -0.360 e. The van der Waals surface area contributed by atoms with Gasteiger partial charge in [-0.25, -0.2) is 9.97 Å². The molecule has 0 fully saturated rings. The predicted octanol–water partition coefficient (Wildman–Crippen LogP) is 3.49. The Hall–Kier alpha value is -2.83. The molecule has 0 saturated carbocycles. The van der Waals surface area contributed by atoms with Gasteiger partial charge in [0.15, 0.2) is 11.5 Å². The van der Waals surface area contributed by atoms with Gasteiger partial charge in [-0.3, -0.25) is 10.1 Å². The molecule has 0 atom stereocenters. The van der Waals surface area contributed by atoms with E-state index in [0.717, 1.165) is 11.1 Å². The van der Waals surface area contributed by atoms with E-state index in [-0.39, 0.29) is 11.1 Å². The van der Waals surface area contributed by atoms with Crippen LogP contribution >= 0.6 is 0 Å². The molecule has 2 heterocycles. The topological polar surface area (TPSA) is 95.0 Å². The van der Waals surface area contributed by atoms with Gasteiger partial charge in [0.1, 0.15) is 5.76 Å². The van der Waals surface area contributed by atoms with Gasteiger partial charge in [0.05, 0.1) is 10.4 Å². The first-order valence-corrected chi connectivity index (χ1v) is 6.73. The zero-order valence-electron chi connectivity index (χ0n) is 12.4. The summed E-state index contributed by atoms with van der Waals surface area (Å²) in [5.41, 5.74) is 0.839. The third-order valence-electron chi connectivity index (χ3n) is 3.26. The van der Waals surface area contributed by atoms with Crippen molar-refractivity contribution in [1.82, 2.24) is 15.1 Å². The molecule has 2 aromatic heterocycles. The van der Waals surface area contributed by atoms with Gasteiger partial charge in [-0.1, -0.05) is 25.9 Å². The van der Waals surface area contributed by atoms with E-state index in [1.54, 1.807) is 18.3 Å². The van der Waals surface area contributed by atoms with Gasteiger partial charge in [-0.15, -0.1) is 0 Å². The number of fused-ring (bicyclic) bond motifs is 1. The molecule has 3 rings (SSSR count). The van der Waals surface area contributed by atoms with Crippen LogP contribution in [0.1, 0.15) is 26.5 Å². The third kappa shape index (κ3) is 2.52. The van der Waals surface area contributed by atoms with E-state index in [2.05, 4.69) is 15.1 Å². The van der Waals surface area contributed by atoms with E-state index in [1.807, 2.05) is 20.8 Å². The van der Waals surface area contributed by atoms with Gasteiger partial charge in [0.25, 0.3) is 5.69 Å². The Kier molecular flexibility index (Phi) is 3.13. The van der Waals surface area contributed by atoms with E-state index >= 15 is 0 Å². The highest BCUT2D eigenvalue weighted by Crippen LogP contribution is 2.27. The molecule has 0 spiro atoms. The smallest absolute Gasteiger partial charge is 0.271 e. The Labute approximate surface area is 126 Å². The van der Waals surface area contributed by atoms with E-state index in [1.165, 1.54) is 12.1 Å². The van der Waals surface area contributed by atoms with Crippen LogP contribution in [0.5, 0.6) is 0 Å². The molecule has 0 aliphatic rings. The molecular formula is C15H14N4O3. The second kappa shape index (κ2) is 4.87. The summed E-state index contributed by atoms with van der Waals surface area (Å²) >= 11 is 0. The van der Waals surface area contributed by atoms with E-state index in [9.17, 15) is 10.1 Å². The first kappa shape index (κ1) is 14.1. The number of rotatable bonds is 2. The van der Waals surface area contributed by atoms with Crippen LogP contribution in [0.4, 0.5) is 5.69 Å². The highest BCUT2D eigenvalue weighted by Gasteiger charge is 2.21. The van der Waals surface area contributed by atoms with Crippen molar-refractivity contribution < 1.29 is 9.45 Å². The summed E-state index contributed by atoms with van der Waals surface area (Å²) in [5.74, 6) is 1.11. The SMILES string of the molecule is CC(C)(C)c1cc(-c2ncc3ccc([N+](=O)[O-])cc3n2)no1. The van der Waals surface area contributed by atoms with Crippen molar-refractivity contribution >= 4 is 16.6 Å². The maximum atomic E-state index is 10.8. The zero-order chi connectivity index (χ0) is 15.9. The minimum absolute atomic E-state index is 0.00677. The summed E-state index contributed by atoms with van der Waals surface area (Å²) in [7, 11) is 0. The van der Waals surface area contributed by atoms with Crippen molar-refractivity contribution in [3.8, 4) is 11.5 Å². The van der Waals surface area contributed by atoms with Crippen molar-refractivity contribution in [3.05, 3.63) is 46.3 Å². The fourth-order valence-electron chi connectivity index (χ4n) is 1.98. The highest BCUT2D eigenvalue weighted by atomic mass is 16.6. The van der Waals surface area contributed by atoms with Gasteiger partial charge in [0.2, 0.25) is 0 Å². The van der Waals surface area contributed by atoms with Crippen LogP contribution in [0.15, 0.2) is 35.0 Å². The lowest BCUT2D eigenvalue weighted by atomic mass is 9.93. The second-order valence-corrected chi connectivity index (χ2v) is 6.02. The average molecular weight is 298 g/mol. The molecule has 0 radical (unpaired) electrons. The van der Waals surface area contributed by atoms with Crippen LogP contribution < -0.4 is 0 Å². The minimum atomic E-state index is -0.449. The zero-order valence-corrected chi connectivity index (χ0v) is 12.4. The first-order valence-electron chi connectivity index (χ1n) is 6.73. The molecular weight excluding hydrogens is 284 g/mol. The highest BCUT2D eigenvalue weighted by molar-refractivity contribution is 5.81. The Balaban J connectivity index is 2.07. The number of nitro benzene ring substituents is 1. The molecule has 1 aromatic carbocycles. The number of benzene rings is 1. The number of aromatic nitrogens is 3. The predicted molar refractivity (Wildman–Crippen MR) is 80.4 cm³/mol. The fraction of sp³-hybridized carbons (Fsp3) is 0.267. The van der Waals surface area contributed by atoms with E-state index in [0.29, 0.717) is 17.0 Å². The lowest BCUT2D eigenvalue weighted by Gasteiger charge is -2.12. The molecule has 7 nitrogen and oxygen atoms in total. The van der Waals surface area contributed by atoms with Crippen LogP contribution in [0, 0.1) is 10.1 Å². The summed E-state index contributed by atoms with van der Waals surface area (Å²) in [5, 5.41) is 15.6. The normalized spacial score (nSPS) is 11.8. The average Bonchev–Trinajstić information content (AvgIpc) is 2.96. The molecule has 0 bridgehead atoms. The molecule has 0 aliphatic heterocycles. The van der Waals surface area contributed by atoms with Gasteiger partial charge >= 0.3 is 0 Å². The number of hydrogen-bond donors (Lipinski definition) is 0. The molecule has 0 saturated heterocycles. The van der Waals surface area contributed by atoms with Crippen LogP contribution in [-0.4, -0.2) is 20.0 Å². The lowest BCUT2D eigenvalue weighted by molar-refractivity contribution is -0.384. The maximum Gasteiger partial charge on any atom is 0.271 e. The monoisotopic (exact) mass is 298 g/mol. The van der Waals surface area contributed by atoms with Crippen molar-refractivity contribution in [1.29, 1.82) is 0 Å². The van der Waals surface area contributed by atoms with Gasteiger partial charge in [-0.2, -0.15) is 0 Å². The third-order valence-corrected chi connectivity index (χ3v) is 3.26. The summed E-state index contributed by atoms with van der Waals surface area (Å²) in [4.78, 5) is 19.0. The molecule has 112 valence electrons. The Bertz CT molecular complexity index is 865. The largest absolute Gasteiger partial charge is 0.360 e. The number of nitrogens with zero attached hydrogens (tertiary/aromatic N) is 4. The fourth-order valence-corrected chi connectivity index (χ4v) is 1.98. The summed E-state index contributed by atoms with van der Waals surface area (Å²) in [6.45, 7) is 6.05. The van der Waals surface area contributed by atoms with Crippen LogP contribution in [-0.2, 0) is 5.41 Å². The summed E-state index contributed by atoms with van der Waals surface area (Å²) < 4.78 is 5.32. The van der Waals surface area contributed by atoms with Crippen molar-refractivity contribution in [2.75, 3.05) is 0 Å². The van der Waals surface area contributed by atoms with E-state index in [4.69, 9.17) is 4.52 Å². The van der Waals surface area contributed by atoms with Crippen LogP contribution in [0.25, 0.3) is 22.4 Å². The maximum absolute atomic E-state index is 10.8. The number of hydrogen-bond acceptors (Lipinski definition) is 6. The van der Waals surface area contributed by atoms with Crippen LogP contribution in [0.3, 0.4) is 0 Å². The molecule has 3 aromatic rings. The molecule has 7 heteroatoms. The molecule has 0 amide bonds. The Morgan fingerprint density at radius 2 is 2.00 bits per heavy atom. The van der Waals surface area contributed by atoms with Crippen molar-refractivity contribution in [3.63, 3.8) is 0 Å². The van der Waals surface area contributed by atoms with E-state index < -0.39 is 4.92 Å². The molecule has 0 unspecified atom stereocenters. The number of nitro groups is 1. The second-order valence-electron chi connectivity index (χ2n) is 6.02. The van der Waals surface area contributed by atoms with Crippen molar-refractivity contribution in [2.24, 2.45) is 0 Å². The van der Waals surface area contributed by atoms with Gasteiger partial charge in [-0.05, 0) is 6.07 Å². The van der Waals surface area contributed by atoms with Gasteiger partial charge < -0.3 is 4.52 Å². The molecule has 0 aliphatic carbocycles.